The molecule has 74 heavy (non-hydrogen) atoms. The largest absolute Gasteiger partial charge is 0.310 e. The first-order chi connectivity index (χ1) is 35.9. The van der Waals surface area contributed by atoms with Gasteiger partial charge in [-0.05, 0) is 155 Å². The average molecular weight is 951 g/mol. The Labute approximate surface area is 434 Å². The van der Waals surface area contributed by atoms with Crippen molar-refractivity contribution in [3.05, 3.63) is 254 Å². The summed E-state index contributed by atoms with van der Waals surface area (Å²) in [7, 11) is 0. The monoisotopic (exact) mass is 950 g/mol. The van der Waals surface area contributed by atoms with Gasteiger partial charge in [0.05, 0.1) is 22.4 Å². The topological polar surface area (TPSA) is 8.17 Å². The minimum absolute atomic E-state index is 0.0181. The van der Waals surface area contributed by atoms with Gasteiger partial charge < -0.3 is 9.47 Å². The van der Waals surface area contributed by atoms with E-state index in [4.69, 9.17) is 0 Å². The average Bonchev–Trinajstić information content (AvgIpc) is 3.79. The third-order valence-electron chi connectivity index (χ3n) is 15.4. The molecule has 2 heteroatoms. The molecule has 0 saturated carbocycles. The quantitative estimate of drug-likeness (QED) is 0.138. The molecule has 0 N–H and O–H groups in total. The van der Waals surface area contributed by atoms with E-state index in [1.807, 2.05) is 0 Å². The Kier molecular flexibility index (Phi) is 10.7. The van der Waals surface area contributed by atoms with Gasteiger partial charge in [0.2, 0.25) is 0 Å². The first kappa shape index (κ1) is 45.2. The van der Waals surface area contributed by atoms with Crippen LogP contribution in [0, 0.1) is 0 Å². The lowest BCUT2D eigenvalue weighted by molar-refractivity contribution is 0.590. The van der Waals surface area contributed by atoms with E-state index in [-0.39, 0.29) is 10.8 Å². The molecule has 356 valence electrons. The van der Waals surface area contributed by atoms with Crippen molar-refractivity contribution in [1.82, 2.24) is 4.57 Å². The molecule has 13 rings (SSSR count). The van der Waals surface area contributed by atoms with Gasteiger partial charge >= 0.3 is 0 Å². The second kappa shape index (κ2) is 17.5. The minimum atomic E-state index is 0.0181. The van der Waals surface area contributed by atoms with Crippen LogP contribution in [0.1, 0.15) is 52.7 Å². The Bertz CT molecular complexity index is 4100. The van der Waals surface area contributed by atoms with Crippen molar-refractivity contribution in [1.29, 1.82) is 0 Å². The predicted octanol–water partition coefficient (Wildman–Crippen LogP) is 20.4. The lowest BCUT2D eigenvalue weighted by atomic mass is 9.85. The summed E-state index contributed by atoms with van der Waals surface area (Å²) in [5.41, 5.74) is 19.1. The highest BCUT2D eigenvalue weighted by Crippen LogP contribution is 2.48. The second-order valence-electron chi connectivity index (χ2n) is 22.2. The van der Waals surface area contributed by atoms with Gasteiger partial charge in [-0.3, -0.25) is 0 Å². The van der Waals surface area contributed by atoms with E-state index in [2.05, 4.69) is 294 Å². The van der Waals surface area contributed by atoms with Crippen molar-refractivity contribution in [2.24, 2.45) is 0 Å². The molecule has 13 aromatic rings. The molecule has 1 heterocycles. The molecule has 0 unspecified atom stereocenters. The smallest absolute Gasteiger partial charge is 0.0541 e. The first-order valence-electron chi connectivity index (χ1n) is 26.1. The van der Waals surface area contributed by atoms with Gasteiger partial charge in [0.15, 0.2) is 0 Å². The zero-order chi connectivity index (χ0) is 50.3. The summed E-state index contributed by atoms with van der Waals surface area (Å²) in [6, 6.07) is 90.5. The van der Waals surface area contributed by atoms with Gasteiger partial charge in [-0.2, -0.15) is 0 Å². The molecule has 0 aliphatic carbocycles. The maximum Gasteiger partial charge on any atom is 0.0541 e. The fourth-order valence-corrected chi connectivity index (χ4v) is 11.4. The first-order valence-corrected chi connectivity index (χ1v) is 26.1. The van der Waals surface area contributed by atoms with Crippen LogP contribution in [-0.2, 0) is 10.8 Å². The molecule has 0 aliphatic heterocycles. The molecular weight excluding hydrogens is 893 g/mol. The molecule has 12 aromatic carbocycles. The SMILES string of the molecule is CC(C)(C)c1ccc2c(c1)c1cc(C(C)(C)C)ccc1n2-c1ccc2ccc3c(N(c4cccc(-c5ccc(-c6ccccc6)cc5)c4)c4cc(-c5ccccc5)cc(-c5ccccc5)c4)ccc4ccc1c2c43. The van der Waals surface area contributed by atoms with Crippen molar-refractivity contribution in [3.63, 3.8) is 0 Å². The van der Waals surface area contributed by atoms with E-state index in [1.54, 1.807) is 0 Å². The normalized spacial score (nSPS) is 12.2. The predicted molar refractivity (Wildman–Crippen MR) is 318 cm³/mol. The third kappa shape index (κ3) is 7.81. The van der Waals surface area contributed by atoms with Crippen molar-refractivity contribution in [3.8, 4) is 50.2 Å². The van der Waals surface area contributed by atoms with Crippen LogP contribution in [0.2, 0.25) is 0 Å². The van der Waals surface area contributed by atoms with Gasteiger partial charge in [-0.1, -0.05) is 217 Å². The Morgan fingerprint density at radius 3 is 1.27 bits per heavy atom. The molecular formula is C72H58N2. The summed E-state index contributed by atoms with van der Waals surface area (Å²) in [6.07, 6.45) is 0. The van der Waals surface area contributed by atoms with E-state index in [0.29, 0.717) is 0 Å². The molecule has 0 bridgehead atoms. The Balaban J connectivity index is 1.05. The highest BCUT2D eigenvalue weighted by molar-refractivity contribution is 6.27. The summed E-state index contributed by atoms with van der Waals surface area (Å²) in [5, 5.41) is 10.0. The molecule has 2 nitrogen and oxygen atoms in total. The van der Waals surface area contributed by atoms with Crippen LogP contribution >= 0.6 is 0 Å². The van der Waals surface area contributed by atoms with E-state index in [9.17, 15) is 0 Å². The summed E-state index contributed by atoms with van der Waals surface area (Å²) in [6.45, 7) is 13.9. The molecule has 1 aromatic heterocycles. The van der Waals surface area contributed by atoms with Crippen LogP contribution in [0.25, 0.3) is 104 Å². The molecule has 0 amide bonds. The van der Waals surface area contributed by atoms with E-state index < -0.39 is 0 Å². The van der Waals surface area contributed by atoms with Crippen LogP contribution in [0.3, 0.4) is 0 Å². The van der Waals surface area contributed by atoms with Crippen molar-refractivity contribution >= 4 is 71.2 Å². The number of aromatic nitrogens is 1. The summed E-state index contributed by atoms with van der Waals surface area (Å²) < 4.78 is 2.53. The number of fused-ring (bicyclic) bond motifs is 3. The Hall–Kier alpha value is -8.72. The number of benzene rings is 12. The maximum atomic E-state index is 2.53. The number of hydrogen-bond acceptors (Lipinski definition) is 1. The molecule has 0 saturated heterocycles. The van der Waals surface area contributed by atoms with Crippen molar-refractivity contribution < 1.29 is 0 Å². The highest BCUT2D eigenvalue weighted by Gasteiger charge is 2.25. The van der Waals surface area contributed by atoms with Gasteiger partial charge in [0.1, 0.15) is 0 Å². The minimum Gasteiger partial charge on any atom is -0.310 e. The van der Waals surface area contributed by atoms with Crippen LogP contribution in [0.4, 0.5) is 17.1 Å². The summed E-state index contributed by atoms with van der Waals surface area (Å²) >= 11 is 0. The van der Waals surface area contributed by atoms with E-state index in [0.717, 1.165) is 33.8 Å². The van der Waals surface area contributed by atoms with Gasteiger partial charge in [-0.25, -0.2) is 0 Å². The van der Waals surface area contributed by atoms with Crippen LogP contribution < -0.4 is 4.90 Å². The Morgan fingerprint density at radius 2 is 0.730 bits per heavy atom. The fraction of sp³-hybridized carbons (Fsp3) is 0.111. The Morgan fingerprint density at radius 1 is 0.297 bits per heavy atom. The molecule has 0 fully saturated rings. The summed E-state index contributed by atoms with van der Waals surface area (Å²) in [4.78, 5) is 2.50. The number of nitrogens with zero attached hydrogens (tertiary/aromatic N) is 2. The van der Waals surface area contributed by atoms with E-state index >= 15 is 0 Å². The highest BCUT2D eigenvalue weighted by atomic mass is 15.1. The number of hydrogen-bond donors (Lipinski definition) is 0. The standard InChI is InChI=1S/C72H58N2/c1-71(2,3)57-33-39-67-63(45-57)64-46-58(72(4,5)6)34-40-68(64)74(67)66-38-32-53-29-35-61-65(37-31-52-30-36-62(66)70(53)69(52)61)73(59-24-16-23-54(42-59)51-27-25-50(26-28-51)47-17-10-7-11-18-47)60-43-55(48-19-12-8-13-20-48)41-56(44-60)49-21-14-9-15-22-49/h7-46H,1-6H3. The third-order valence-corrected chi connectivity index (χ3v) is 15.4. The van der Waals surface area contributed by atoms with Gasteiger partial charge in [0, 0.05) is 32.9 Å². The van der Waals surface area contributed by atoms with Gasteiger partial charge in [-0.15, -0.1) is 0 Å². The second-order valence-corrected chi connectivity index (χ2v) is 22.2. The van der Waals surface area contributed by atoms with E-state index in [1.165, 1.54) is 98.8 Å². The lowest BCUT2D eigenvalue weighted by Gasteiger charge is -2.29. The lowest BCUT2D eigenvalue weighted by Crippen LogP contribution is -2.11. The molecule has 0 spiro atoms. The maximum absolute atomic E-state index is 2.53. The zero-order valence-corrected chi connectivity index (χ0v) is 43.0. The van der Waals surface area contributed by atoms with Crippen molar-refractivity contribution in [2.45, 2.75) is 52.4 Å². The van der Waals surface area contributed by atoms with Gasteiger partial charge in [0.25, 0.3) is 0 Å². The molecule has 0 aliphatic rings. The van der Waals surface area contributed by atoms with Crippen LogP contribution in [0.15, 0.2) is 243 Å². The van der Waals surface area contributed by atoms with Crippen LogP contribution in [-0.4, -0.2) is 4.57 Å². The van der Waals surface area contributed by atoms with Crippen LogP contribution in [0.5, 0.6) is 0 Å². The number of anilines is 3. The summed E-state index contributed by atoms with van der Waals surface area (Å²) in [5.74, 6) is 0. The zero-order valence-electron chi connectivity index (χ0n) is 43.0. The molecule has 0 radical (unpaired) electrons. The van der Waals surface area contributed by atoms with Crippen molar-refractivity contribution in [2.75, 3.05) is 4.90 Å². The fourth-order valence-electron chi connectivity index (χ4n) is 11.4. The number of rotatable bonds is 8. The molecule has 0 atom stereocenters.